The first-order chi connectivity index (χ1) is 8.16. The van der Waals surface area contributed by atoms with Gasteiger partial charge >= 0.3 is 0 Å². The Balaban J connectivity index is 2.04. The molecule has 0 amide bonds. The van der Waals surface area contributed by atoms with Crippen LogP contribution in [0.3, 0.4) is 0 Å². The maximum absolute atomic E-state index is 5.98. The zero-order valence-electron chi connectivity index (χ0n) is 10.9. The Hall–Kier alpha value is -1.02. The molecule has 0 radical (unpaired) electrons. The molecule has 94 valence electrons. The van der Waals surface area contributed by atoms with Crippen LogP contribution in [0.4, 0.5) is 0 Å². The first kappa shape index (κ1) is 12.4. The largest absolute Gasteiger partial charge is 0.493 e. The Labute approximate surface area is 104 Å². The maximum Gasteiger partial charge on any atom is 0.124 e. The molecule has 0 aliphatic heterocycles. The van der Waals surface area contributed by atoms with E-state index in [4.69, 9.17) is 10.5 Å². The lowest BCUT2D eigenvalue weighted by atomic mass is 10.1. The molecule has 1 aliphatic rings. The molecule has 2 N–H and O–H groups in total. The Kier molecular flexibility index (Phi) is 4.06. The van der Waals surface area contributed by atoms with Gasteiger partial charge in [-0.3, -0.25) is 0 Å². The van der Waals surface area contributed by atoms with Crippen LogP contribution in [0, 0.1) is 12.8 Å². The van der Waals surface area contributed by atoms with Crippen LogP contribution in [0.2, 0.25) is 0 Å². The molecule has 1 fully saturated rings. The summed E-state index contributed by atoms with van der Waals surface area (Å²) in [6.07, 6.45) is 5.36. The molecule has 1 aromatic rings. The van der Waals surface area contributed by atoms with Crippen LogP contribution >= 0.6 is 0 Å². The molecule has 0 unspecified atom stereocenters. The van der Waals surface area contributed by atoms with Crippen molar-refractivity contribution in [1.82, 2.24) is 0 Å². The predicted octanol–water partition coefficient (Wildman–Crippen LogP) is 3.58. The van der Waals surface area contributed by atoms with E-state index in [-0.39, 0.29) is 6.04 Å². The van der Waals surface area contributed by atoms with Gasteiger partial charge in [0.15, 0.2) is 0 Å². The summed E-state index contributed by atoms with van der Waals surface area (Å²) in [5.41, 5.74) is 8.32. The van der Waals surface area contributed by atoms with Gasteiger partial charge in [0.1, 0.15) is 5.75 Å². The van der Waals surface area contributed by atoms with Crippen molar-refractivity contribution in [2.75, 3.05) is 6.61 Å². The molecular formula is C15H23NO. The van der Waals surface area contributed by atoms with Crippen LogP contribution < -0.4 is 10.5 Å². The lowest BCUT2D eigenvalue weighted by molar-refractivity contribution is 0.249. The minimum absolute atomic E-state index is 0.0363. The summed E-state index contributed by atoms with van der Waals surface area (Å²) in [5, 5.41) is 0. The Morgan fingerprint density at radius 3 is 2.71 bits per heavy atom. The monoisotopic (exact) mass is 233 g/mol. The van der Waals surface area contributed by atoms with Crippen molar-refractivity contribution in [2.45, 2.75) is 45.6 Å². The molecule has 1 saturated carbocycles. The second-order valence-electron chi connectivity index (χ2n) is 5.29. The van der Waals surface area contributed by atoms with E-state index in [9.17, 15) is 0 Å². The zero-order valence-corrected chi connectivity index (χ0v) is 10.9. The van der Waals surface area contributed by atoms with Crippen molar-refractivity contribution in [3.63, 3.8) is 0 Å². The SMILES string of the molecule is Cc1ccc([C@@H](C)N)c(OCC2CCCC2)c1. The smallest absolute Gasteiger partial charge is 0.124 e. The number of nitrogens with two attached hydrogens (primary N) is 1. The molecule has 0 saturated heterocycles. The van der Waals surface area contributed by atoms with Gasteiger partial charge in [-0.15, -0.1) is 0 Å². The molecule has 17 heavy (non-hydrogen) atoms. The summed E-state index contributed by atoms with van der Waals surface area (Å²) in [6, 6.07) is 6.33. The van der Waals surface area contributed by atoms with E-state index in [1.165, 1.54) is 31.2 Å². The third-order valence-corrected chi connectivity index (χ3v) is 3.61. The van der Waals surface area contributed by atoms with Crippen molar-refractivity contribution < 1.29 is 4.74 Å². The van der Waals surface area contributed by atoms with E-state index in [1.54, 1.807) is 0 Å². The van der Waals surface area contributed by atoms with Gasteiger partial charge in [0.25, 0.3) is 0 Å². The average Bonchev–Trinajstić information content (AvgIpc) is 2.78. The molecule has 1 aromatic carbocycles. The molecule has 0 bridgehead atoms. The molecule has 2 rings (SSSR count). The maximum atomic E-state index is 5.98. The van der Waals surface area contributed by atoms with Gasteiger partial charge < -0.3 is 10.5 Å². The van der Waals surface area contributed by atoms with Crippen molar-refractivity contribution in [1.29, 1.82) is 0 Å². The van der Waals surface area contributed by atoms with Crippen molar-refractivity contribution in [2.24, 2.45) is 11.7 Å². The molecule has 0 aromatic heterocycles. The fourth-order valence-corrected chi connectivity index (χ4v) is 2.53. The van der Waals surface area contributed by atoms with E-state index in [0.717, 1.165) is 23.8 Å². The van der Waals surface area contributed by atoms with Gasteiger partial charge in [0.05, 0.1) is 6.61 Å². The van der Waals surface area contributed by atoms with E-state index in [2.05, 4.69) is 25.1 Å². The quantitative estimate of drug-likeness (QED) is 0.862. The average molecular weight is 233 g/mol. The highest BCUT2D eigenvalue weighted by atomic mass is 16.5. The minimum atomic E-state index is 0.0363. The highest BCUT2D eigenvalue weighted by molar-refractivity contribution is 5.38. The van der Waals surface area contributed by atoms with Crippen LogP contribution in [0.15, 0.2) is 18.2 Å². The first-order valence-electron chi connectivity index (χ1n) is 6.65. The van der Waals surface area contributed by atoms with E-state index in [0.29, 0.717) is 0 Å². The number of aryl methyl sites for hydroxylation is 1. The molecule has 0 spiro atoms. The lowest BCUT2D eigenvalue weighted by Gasteiger charge is -2.17. The van der Waals surface area contributed by atoms with Gasteiger partial charge in [-0.2, -0.15) is 0 Å². The number of benzene rings is 1. The number of hydrogen-bond donors (Lipinski definition) is 1. The van der Waals surface area contributed by atoms with Crippen LogP contribution in [0.5, 0.6) is 5.75 Å². The fourth-order valence-electron chi connectivity index (χ4n) is 2.53. The second kappa shape index (κ2) is 5.54. The number of ether oxygens (including phenoxy) is 1. The molecular weight excluding hydrogens is 210 g/mol. The topological polar surface area (TPSA) is 35.2 Å². The van der Waals surface area contributed by atoms with E-state index >= 15 is 0 Å². The van der Waals surface area contributed by atoms with Gasteiger partial charge in [-0.25, -0.2) is 0 Å². The van der Waals surface area contributed by atoms with Gasteiger partial charge in [0, 0.05) is 11.6 Å². The highest BCUT2D eigenvalue weighted by Gasteiger charge is 2.16. The van der Waals surface area contributed by atoms with Crippen LogP contribution in [-0.4, -0.2) is 6.61 Å². The number of hydrogen-bond acceptors (Lipinski definition) is 2. The van der Waals surface area contributed by atoms with Crippen LogP contribution in [0.1, 0.15) is 49.8 Å². The molecule has 2 heteroatoms. The fraction of sp³-hybridized carbons (Fsp3) is 0.600. The van der Waals surface area contributed by atoms with Gasteiger partial charge in [0.2, 0.25) is 0 Å². The van der Waals surface area contributed by atoms with Crippen LogP contribution in [0.25, 0.3) is 0 Å². The second-order valence-corrected chi connectivity index (χ2v) is 5.29. The minimum Gasteiger partial charge on any atom is -0.493 e. The molecule has 2 nitrogen and oxygen atoms in total. The van der Waals surface area contributed by atoms with E-state index < -0.39 is 0 Å². The lowest BCUT2D eigenvalue weighted by Crippen LogP contribution is -2.12. The summed E-state index contributed by atoms with van der Waals surface area (Å²) >= 11 is 0. The highest BCUT2D eigenvalue weighted by Crippen LogP contribution is 2.29. The van der Waals surface area contributed by atoms with Crippen molar-refractivity contribution in [3.05, 3.63) is 29.3 Å². The summed E-state index contributed by atoms with van der Waals surface area (Å²) in [5.74, 6) is 1.73. The van der Waals surface area contributed by atoms with Gasteiger partial charge in [-0.1, -0.05) is 25.0 Å². The molecule has 0 heterocycles. The van der Waals surface area contributed by atoms with Crippen molar-refractivity contribution >= 4 is 0 Å². The van der Waals surface area contributed by atoms with Crippen LogP contribution in [-0.2, 0) is 0 Å². The third kappa shape index (κ3) is 3.22. The Bertz CT molecular complexity index is 367. The normalized spacial score (nSPS) is 18.3. The first-order valence-corrected chi connectivity index (χ1v) is 6.65. The van der Waals surface area contributed by atoms with Crippen molar-refractivity contribution in [3.8, 4) is 5.75 Å². The standard InChI is InChI=1S/C15H23NO/c1-11-7-8-14(12(2)16)15(9-11)17-10-13-5-3-4-6-13/h7-9,12-13H,3-6,10,16H2,1-2H3/t12-/m1/s1. The summed E-state index contributed by atoms with van der Waals surface area (Å²) in [6.45, 7) is 4.95. The van der Waals surface area contributed by atoms with E-state index in [1.807, 2.05) is 6.92 Å². The summed E-state index contributed by atoms with van der Waals surface area (Å²) in [4.78, 5) is 0. The van der Waals surface area contributed by atoms with Gasteiger partial charge in [-0.05, 0) is 44.2 Å². The third-order valence-electron chi connectivity index (χ3n) is 3.61. The predicted molar refractivity (Wildman–Crippen MR) is 71.2 cm³/mol. The summed E-state index contributed by atoms with van der Waals surface area (Å²) in [7, 11) is 0. The summed E-state index contributed by atoms with van der Waals surface area (Å²) < 4.78 is 5.98. The molecule has 1 atom stereocenters. The molecule has 1 aliphatic carbocycles. The zero-order chi connectivity index (χ0) is 12.3. The Morgan fingerprint density at radius 2 is 2.06 bits per heavy atom. The Morgan fingerprint density at radius 1 is 1.35 bits per heavy atom. The number of rotatable bonds is 4.